The van der Waals surface area contributed by atoms with Crippen LogP contribution in [0.2, 0.25) is 0 Å². The van der Waals surface area contributed by atoms with Gasteiger partial charge in [-0.25, -0.2) is 21.3 Å². The summed E-state index contributed by atoms with van der Waals surface area (Å²) in [6, 6.07) is 0. The minimum absolute atomic E-state index is 0. The van der Waals surface area contributed by atoms with Crippen molar-refractivity contribution >= 4 is 0 Å². The van der Waals surface area contributed by atoms with Gasteiger partial charge in [-0.1, -0.05) is 6.92 Å². The second-order valence-corrected chi connectivity index (χ2v) is 2.19. The Morgan fingerprint density at radius 2 is 1.36 bits per heavy atom. The normalized spacial score (nSPS) is 12.9. The van der Waals surface area contributed by atoms with Crippen LogP contribution in [0.3, 0.4) is 0 Å². The molecule has 2 unspecified atom stereocenters. The van der Waals surface area contributed by atoms with Crippen molar-refractivity contribution in [2.75, 3.05) is 6.61 Å². The zero-order valence-corrected chi connectivity index (χ0v) is 17.2. The van der Waals surface area contributed by atoms with Gasteiger partial charge < -0.3 is 14.2 Å². The van der Waals surface area contributed by atoms with Crippen molar-refractivity contribution in [1.29, 1.82) is 0 Å². The molecule has 0 aromatic rings. The molecule has 0 heterocycles. The van der Waals surface area contributed by atoms with Crippen molar-refractivity contribution in [2.24, 2.45) is 0 Å². The number of hydrogen-bond acceptors (Lipinski definition) is 3. The van der Waals surface area contributed by atoms with E-state index < -0.39 is 0 Å². The van der Waals surface area contributed by atoms with Crippen LogP contribution in [0.5, 0.6) is 0 Å². The summed E-state index contributed by atoms with van der Waals surface area (Å²) < 4.78 is 14.4. The first kappa shape index (κ1) is 25.9. The summed E-state index contributed by atoms with van der Waals surface area (Å²) in [6.45, 7) is 2.35. The van der Waals surface area contributed by atoms with Crippen LogP contribution in [0.25, 0.3) is 0 Å². The molecule has 0 aliphatic carbocycles. The standard InChI is InChI=1S/C8H15O3.3Y/c1-5-7(10-3)8(11-4)6-9-2;;;/h7-8H,2-6H2,1H3;;;/q-3;;;. The predicted octanol–water partition coefficient (Wildman–Crippen LogP) is 1.55. The van der Waals surface area contributed by atoms with Gasteiger partial charge >= 0.3 is 0 Å². The van der Waals surface area contributed by atoms with E-state index in [1.54, 1.807) is 0 Å². The molecule has 6 heteroatoms. The molecule has 0 aromatic heterocycles. The maximum absolute atomic E-state index is 4.88. The Labute approximate surface area is 163 Å². The maximum Gasteiger partial charge on any atom is 0.0679 e. The van der Waals surface area contributed by atoms with Crippen molar-refractivity contribution < 1.29 is 112 Å². The maximum atomic E-state index is 4.88. The van der Waals surface area contributed by atoms with Crippen molar-refractivity contribution in [1.82, 2.24) is 0 Å². The summed E-state index contributed by atoms with van der Waals surface area (Å²) in [5.41, 5.74) is 0. The molecule has 0 aromatic carbocycles. The van der Waals surface area contributed by atoms with Crippen LogP contribution in [0.1, 0.15) is 13.3 Å². The molecule has 2 atom stereocenters. The molecule has 0 amide bonds. The van der Waals surface area contributed by atoms with Gasteiger partial charge in [0.2, 0.25) is 0 Å². The molecule has 0 saturated carbocycles. The van der Waals surface area contributed by atoms with E-state index in [-0.39, 0.29) is 110 Å². The van der Waals surface area contributed by atoms with E-state index in [4.69, 9.17) is 9.47 Å². The average Bonchev–Trinajstić information content (AvgIpc) is 2.05. The molecular weight excluding hydrogens is 411 g/mol. The zero-order chi connectivity index (χ0) is 8.69. The molecule has 0 saturated heterocycles. The van der Waals surface area contributed by atoms with Crippen molar-refractivity contribution in [2.45, 2.75) is 25.6 Å². The Hall–Kier alpha value is 3.19. The van der Waals surface area contributed by atoms with Gasteiger partial charge in [0.1, 0.15) is 0 Å². The van der Waals surface area contributed by atoms with Crippen molar-refractivity contribution in [3.8, 4) is 0 Å². The molecular formula is C8H15O3Y3-3. The quantitative estimate of drug-likeness (QED) is 0.604. The topological polar surface area (TPSA) is 27.7 Å². The van der Waals surface area contributed by atoms with Crippen LogP contribution >= 0.6 is 0 Å². The molecule has 0 spiro atoms. The first-order valence-electron chi connectivity index (χ1n) is 3.48. The van der Waals surface area contributed by atoms with Crippen molar-refractivity contribution in [3.05, 3.63) is 21.3 Å². The third-order valence-corrected chi connectivity index (χ3v) is 1.53. The zero-order valence-electron chi connectivity index (χ0n) is 8.65. The van der Waals surface area contributed by atoms with Gasteiger partial charge in [0.15, 0.2) is 0 Å². The minimum atomic E-state index is -0.185. The molecule has 0 bridgehead atoms. The van der Waals surface area contributed by atoms with Crippen LogP contribution in [0.4, 0.5) is 0 Å². The molecule has 0 rings (SSSR count). The molecule has 0 aliphatic rings. The fourth-order valence-corrected chi connectivity index (χ4v) is 0.867. The van der Waals surface area contributed by atoms with E-state index >= 15 is 0 Å². The molecule has 77 valence electrons. The summed E-state index contributed by atoms with van der Waals surface area (Å²) in [5, 5.41) is 0. The van der Waals surface area contributed by atoms with Crippen LogP contribution < -0.4 is 0 Å². The summed E-state index contributed by atoms with van der Waals surface area (Å²) in [6.07, 6.45) is 0.553. The summed E-state index contributed by atoms with van der Waals surface area (Å²) in [7, 11) is 9.87. The van der Waals surface area contributed by atoms with Crippen LogP contribution in [-0.2, 0) is 112 Å². The number of hydrogen-bond donors (Lipinski definition) is 0. The van der Waals surface area contributed by atoms with E-state index in [1.165, 1.54) is 0 Å². The summed E-state index contributed by atoms with van der Waals surface area (Å²) >= 11 is 0. The second kappa shape index (κ2) is 18.6. The fourth-order valence-electron chi connectivity index (χ4n) is 0.867. The minimum Gasteiger partial charge on any atom is -0.553 e. The Balaban J connectivity index is -0.000000167. The van der Waals surface area contributed by atoms with Gasteiger partial charge in [-0.3, -0.25) is 0 Å². The van der Waals surface area contributed by atoms with E-state index in [0.717, 1.165) is 6.42 Å². The third kappa shape index (κ3) is 11.7. The number of ether oxygens (including phenoxy) is 3. The van der Waals surface area contributed by atoms with E-state index in [9.17, 15) is 0 Å². The SMILES string of the molecule is [CH2-]OCC(O[CH2-])C(CC)O[CH2-].[Y].[Y].[Y]. The second-order valence-electron chi connectivity index (χ2n) is 2.19. The molecule has 14 heavy (non-hydrogen) atoms. The van der Waals surface area contributed by atoms with E-state index in [2.05, 4.69) is 26.1 Å². The molecule has 0 aliphatic heterocycles. The Morgan fingerprint density at radius 3 is 1.57 bits per heavy atom. The smallest absolute Gasteiger partial charge is 0.0679 e. The summed E-state index contributed by atoms with van der Waals surface area (Å²) in [5.74, 6) is 0. The van der Waals surface area contributed by atoms with Gasteiger partial charge in [0, 0.05) is 111 Å². The summed E-state index contributed by atoms with van der Waals surface area (Å²) in [4.78, 5) is 0. The average molecular weight is 426 g/mol. The third-order valence-electron chi connectivity index (χ3n) is 1.53. The van der Waals surface area contributed by atoms with Crippen LogP contribution in [0, 0.1) is 21.3 Å². The van der Waals surface area contributed by atoms with Crippen molar-refractivity contribution in [3.63, 3.8) is 0 Å². The monoisotopic (exact) mass is 426 g/mol. The molecule has 3 radical (unpaired) electrons. The first-order chi connectivity index (χ1) is 5.29. The van der Waals surface area contributed by atoms with E-state index in [0.29, 0.717) is 6.61 Å². The Kier molecular flexibility index (Phi) is 34.3. The molecule has 0 N–H and O–H groups in total. The van der Waals surface area contributed by atoms with E-state index in [1.807, 2.05) is 6.92 Å². The number of rotatable bonds is 6. The van der Waals surface area contributed by atoms with Gasteiger partial charge in [-0.05, 0) is 6.42 Å². The molecule has 3 nitrogen and oxygen atoms in total. The Morgan fingerprint density at radius 1 is 0.929 bits per heavy atom. The van der Waals surface area contributed by atoms with Gasteiger partial charge in [-0.15, -0.1) is 0 Å². The largest absolute Gasteiger partial charge is 0.553 e. The predicted molar refractivity (Wildman–Crippen MR) is 42.1 cm³/mol. The first-order valence-corrected chi connectivity index (χ1v) is 3.48. The van der Waals surface area contributed by atoms with Gasteiger partial charge in [-0.2, -0.15) is 0 Å². The van der Waals surface area contributed by atoms with Crippen LogP contribution in [-0.4, -0.2) is 18.8 Å². The van der Waals surface area contributed by atoms with Crippen LogP contribution in [0.15, 0.2) is 0 Å². The molecule has 0 fully saturated rings. The van der Waals surface area contributed by atoms with Gasteiger partial charge in [0.05, 0.1) is 6.10 Å². The van der Waals surface area contributed by atoms with Gasteiger partial charge in [0.25, 0.3) is 0 Å². The Bertz CT molecular complexity index is 91.9. The fraction of sp³-hybridized carbons (Fsp3) is 0.625.